The summed E-state index contributed by atoms with van der Waals surface area (Å²) in [6, 6.07) is 0. The molecule has 0 aromatic rings. The maximum Gasteiger partial charge on any atom is 0.0253 e. The highest BCUT2D eigenvalue weighted by Crippen LogP contribution is 2.13. The van der Waals surface area contributed by atoms with Gasteiger partial charge in [-0.1, -0.05) is 6.08 Å². The molecule has 34 valence electrons. The summed E-state index contributed by atoms with van der Waals surface area (Å²) in [5, 5.41) is 0. The fourth-order valence-electron chi connectivity index (χ4n) is 0.383. The Morgan fingerprint density at radius 1 is 2.00 bits per heavy atom. The van der Waals surface area contributed by atoms with Crippen molar-refractivity contribution in [2.75, 3.05) is 6.54 Å². The van der Waals surface area contributed by atoms with Gasteiger partial charge in [0.2, 0.25) is 0 Å². The summed E-state index contributed by atoms with van der Waals surface area (Å²) < 4.78 is 3.10. The second kappa shape index (κ2) is 1.67. The van der Waals surface area contributed by atoms with E-state index in [0.717, 1.165) is 6.54 Å². The van der Waals surface area contributed by atoms with Crippen LogP contribution >= 0.6 is 11.9 Å². The molecule has 6 heavy (non-hydrogen) atoms. The summed E-state index contributed by atoms with van der Waals surface area (Å²) in [6.45, 7) is 3.14. The van der Waals surface area contributed by atoms with Crippen LogP contribution in [0.1, 0.15) is 6.92 Å². The van der Waals surface area contributed by atoms with E-state index in [1.165, 1.54) is 4.91 Å². The maximum absolute atomic E-state index is 3.10. The first kappa shape index (κ1) is 4.22. The molecule has 0 amide bonds. The van der Waals surface area contributed by atoms with Gasteiger partial charge in [0.1, 0.15) is 0 Å². The van der Waals surface area contributed by atoms with Crippen LogP contribution < -0.4 is 4.72 Å². The third-order valence-electron chi connectivity index (χ3n) is 0.706. The van der Waals surface area contributed by atoms with Gasteiger partial charge in [-0.2, -0.15) is 0 Å². The molecule has 1 heterocycles. The maximum atomic E-state index is 3.10. The summed E-state index contributed by atoms with van der Waals surface area (Å²) in [5.41, 5.74) is 0. The average Bonchev–Trinajstić information content (AvgIpc) is 1.86. The van der Waals surface area contributed by atoms with Crippen molar-refractivity contribution in [3.8, 4) is 0 Å². The van der Waals surface area contributed by atoms with Crippen molar-refractivity contribution in [1.82, 2.24) is 4.72 Å². The fraction of sp³-hybridized carbons (Fsp3) is 0.500. The molecular formula is C4H7NS. The van der Waals surface area contributed by atoms with Crippen LogP contribution in [0.3, 0.4) is 0 Å². The second-order valence-electron chi connectivity index (χ2n) is 1.27. The lowest BCUT2D eigenvalue weighted by atomic mass is 10.5. The minimum atomic E-state index is 1.04. The van der Waals surface area contributed by atoms with Crippen LogP contribution in [0, 0.1) is 0 Å². The van der Waals surface area contributed by atoms with E-state index in [1.54, 1.807) is 11.9 Å². The van der Waals surface area contributed by atoms with Gasteiger partial charge in [-0.15, -0.1) is 0 Å². The van der Waals surface area contributed by atoms with Gasteiger partial charge in [0.15, 0.2) is 0 Å². The zero-order valence-electron chi connectivity index (χ0n) is 3.69. The molecule has 0 radical (unpaired) electrons. The number of hydrogen-bond donors (Lipinski definition) is 1. The van der Waals surface area contributed by atoms with Gasteiger partial charge in [0.25, 0.3) is 0 Å². The Morgan fingerprint density at radius 2 is 2.83 bits per heavy atom. The standard InChI is InChI=1S/C4H7NS/c1-4-2-3-5-6-4/h2,5H,3H2,1H3. The van der Waals surface area contributed by atoms with Crippen LogP contribution in [0.25, 0.3) is 0 Å². The van der Waals surface area contributed by atoms with E-state index in [1.807, 2.05) is 0 Å². The van der Waals surface area contributed by atoms with Crippen LogP contribution in [-0.4, -0.2) is 6.54 Å². The Labute approximate surface area is 41.9 Å². The average molecular weight is 101 g/mol. The smallest absolute Gasteiger partial charge is 0.0253 e. The molecule has 0 aromatic heterocycles. The monoisotopic (exact) mass is 101 g/mol. The van der Waals surface area contributed by atoms with E-state index in [0.29, 0.717) is 0 Å². The molecule has 1 N–H and O–H groups in total. The van der Waals surface area contributed by atoms with Gasteiger partial charge in [-0.05, 0) is 23.8 Å². The van der Waals surface area contributed by atoms with Crippen molar-refractivity contribution < 1.29 is 0 Å². The molecule has 0 unspecified atom stereocenters. The predicted molar refractivity (Wildman–Crippen MR) is 29.4 cm³/mol. The van der Waals surface area contributed by atoms with Gasteiger partial charge in [0, 0.05) is 6.54 Å². The highest BCUT2D eigenvalue weighted by atomic mass is 32.2. The molecule has 2 heteroatoms. The summed E-state index contributed by atoms with van der Waals surface area (Å²) in [5.74, 6) is 0. The molecule has 0 bridgehead atoms. The van der Waals surface area contributed by atoms with Crippen molar-refractivity contribution in [2.24, 2.45) is 0 Å². The molecule has 0 atom stereocenters. The molecule has 0 aliphatic carbocycles. The summed E-state index contributed by atoms with van der Waals surface area (Å²) in [7, 11) is 0. The molecular weight excluding hydrogens is 94.1 g/mol. The van der Waals surface area contributed by atoms with E-state index >= 15 is 0 Å². The molecule has 1 aliphatic heterocycles. The lowest BCUT2D eigenvalue weighted by molar-refractivity contribution is 1.16. The van der Waals surface area contributed by atoms with E-state index in [-0.39, 0.29) is 0 Å². The van der Waals surface area contributed by atoms with Gasteiger partial charge in [-0.3, -0.25) is 4.72 Å². The summed E-state index contributed by atoms with van der Waals surface area (Å²) in [4.78, 5) is 1.38. The lowest BCUT2D eigenvalue weighted by Crippen LogP contribution is -1.92. The molecule has 0 fully saturated rings. The zero-order chi connectivity index (χ0) is 4.41. The summed E-state index contributed by atoms with van der Waals surface area (Å²) in [6.07, 6.45) is 2.17. The Morgan fingerprint density at radius 3 is 3.00 bits per heavy atom. The Kier molecular flexibility index (Phi) is 1.17. The van der Waals surface area contributed by atoms with E-state index in [2.05, 4.69) is 17.7 Å². The molecule has 0 aromatic carbocycles. The lowest BCUT2D eigenvalue weighted by Gasteiger charge is -1.82. The minimum Gasteiger partial charge on any atom is -0.256 e. The van der Waals surface area contributed by atoms with Crippen molar-refractivity contribution in [3.63, 3.8) is 0 Å². The van der Waals surface area contributed by atoms with Gasteiger partial charge in [0.05, 0.1) is 0 Å². The van der Waals surface area contributed by atoms with Crippen LogP contribution in [0.4, 0.5) is 0 Å². The van der Waals surface area contributed by atoms with Crippen molar-refractivity contribution in [1.29, 1.82) is 0 Å². The topological polar surface area (TPSA) is 12.0 Å². The van der Waals surface area contributed by atoms with Crippen molar-refractivity contribution >= 4 is 11.9 Å². The van der Waals surface area contributed by atoms with Gasteiger partial charge < -0.3 is 0 Å². The number of hydrogen-bond acceptors (Lipinski definition) is 2. The third-order valence-corrected chi connectivity index (χ3v) is 1.51. The highest BCUT2D eigenvalue weighted by Gasteiger charge is 1.94. The number of rotatable bonds is 0. The minimum absolute atomic E-state index is 1.04. The first-order valence-corrected chi connectivity index (χ1v) is 2.78. The van der Waals surface area contributed by atoms with E-state index < -0.39 is 0 Å². The normalized spacial score (nSPS) is 21.2. The summed E-state index contributed by atoms with van der Waals surface area (Å²) >= 11 is 1.71. The highest BCUT2D eigenvalue weighted by molar-refractivity contribution is 8.01. The van der Waals surface area contributed by atoms with Crippen LogP contribution in [0.15, 0.2) is 11.0 Å². The Balaban J connectivity index is 2.45. The quantitative estimate of drug-likeness (QED) is 0.459. The van der Waals surface area contributed by atoms with E-state index in [9.17, 15) is 0 Å². The SMILES string of the molecule is CC1=CCNS1. The number of allylic oxidation sites excluding steroid dienone is 1. The van der Waals surface area contributed by atoms with Crippen molar-refractivity contribution in [3.05, 3.63) is 11.0 Å². The first-order chi connectivity index (χ1) is 2.89. The van der Waals surface area contributed by atoms with Crippen LogP contribution in [0.2, 0.25) is 0 Å². The Bertz CT molecular complexity index is 77.6. The molecule has 1 aliphatic rings. The first-order valence-electron chi connectivity index (χ1n) is 1.96. The van der Waals surface area contributed by atoms with Crippen molar-refractivity contribution in [2.45, 2.75) is 6.92 Å². The van der Waals surface area contributed by atoms with Gasteiger partial charge in [-0.25, -0.2) is 0 Å². The van der Waals surface area contributed by atoms with Gasteiger partial charge >= 0.3 is 0 Å². The third kappa shape index (κ3) is 0.758. The fourth-order valence-corrected chi connectivity index (χ4v) is 0.944. The number of nitrogens with one attached hydrogen (secondary N) is 1. The largest absolute Gasteiger partial charge is 0.256 e. The van der Waals surface area contributed by atoms with Crippen LogP contribution in [-0.2, 0) is 0 Å². The molecule has 0 spiro atoms. The zero-order valence-corrected chi connectivity index (χ0v) is 4.51. The molecule has 1 rings (SSSR count). The van der Waals surface area contributed by atoms with E-state index in [4.69, 9.17) is 0 Å². The Hall–Kier alpha value is 0.0500. The van der Waals surface area contributed by atoms with Crippen LogP contribution in [0.5, 0.6) is 0 Å². The molecule has 0 saturated heterocycles. The molecule has 0 saturated carbocycles. The molecule has 1 nitrogen and oxygen atoms in total. The predicted octanol–water partition coefficient (Wildman–Crippen LogP) is 1.14. The second-order valence-corrected chi connectivity index (χ2v) is 2.40.